The van der Waals surface area contributed by atoms with Crippen molar-refractivity contribution in [2.45, 2.75) is 0 Å². The van der Waals surface area contributed by atoms with E-state index < -0.39 is 5.78 Å². The highest BCUT2D eigenvalue weighted by Crippen LogP contribution is 2.42. The number of aromatic hydroxyl groups is 1. The van der Waals surface area contributed by atoms with Crippen molar-refractivity contribution in [2.24, 2.45) is 0 Å². The van der Waals surface area contributed by atoms with Gasteiger partial charge in [-0.15, -0.1) is 0 Å². The summed E-state index contributed by atoms with van der Waals surface area (Å²) >= 11 is 3.19. The number of allylic oxidation sites excluding steroid dienone is 1. The Morgan fingerprint density at radius 3 is 2.58 bits per heavy atom. The Labute approximate surface area is 147 Å². The predicted octanol–water partition coefficient (Wildman–Crippen LogP) is 3.94. The minimum atomic E-state index is -0.435. The number of halogens is 1. The maximum Gasteiger partial charge on any atom is 0.193 e. The lowest BCUT2D eigenvalue weighted by molar-refractivity contribution is 0.104. The van der Waals surface area contributed by atoms with Crippen LogP contribution in [-0.4, -0.2) is 25.1 Å². The van der Waals surface area contributed by atoms with E-state index in [-0.39, 0.29) is 21.5 Å². The summed E-state index contributed by atoms with van der Waals surface area (Å²) in [5, 5.41) is 19.2. The minimum Gasteiger partial charge on any atom is -0.506 e. The number of hydrogen-bond donors (Lipinski definition) is 1. The maximum atomic E-state index is 12.5. The summed E-state index contributed by atoms with van der Waals surface area (Å²) < 4.78 is 10.6. The first-order valence-corrected chi connectivity index (χ1v) is 7.67. The molecule has 6 heteroatoms. The van der Waals surface area contributed by atoms with E-state index in [2.05, 4.69) is 15.9 Å². The number of ketones is 1. The Bertz CT molecular complexity index is 853. The van der Waals surface area contributed by atoms with Crippen molar-refractivity contribution in [1.82, 2.24) is 0 Å². The lowest BCUT2D eigenvalue weighted by Crippen LogP contribution is -2.01. The summed E-state index contributed by atoms with van der Waals surface area (Å²) in [4.78, 5) is 12.5. The molecule has 0 aliphatic rings. The smallest absolute Gasteiger partial charge is 0.193 e. The monoisotopic (exact) mass is 387 g/mol. The van der Waals surface area contributed by atoms with Gasteiger partial charge >= 0.3 is 0 Å². The molecule has 0 saturated carbocycles. The number of carbonyl (C=O) groups is 1. The molecule has 0 aromatic heterocycles. The zero-order valence-electron chi connectivity index (χ0n) is 13.0. The molecule has 2 aromatic carbocycles. The molecule has 2 aromatic rings. The number of rotatable bonds is 5. The zero-order chi connectivity index (χ0) is 17.7. The highest BCUT2D eigenvalue weighted by atomic mass is 79.9. The molecule has 5 nitrogen and oxygen atoms in total. The second kappa shape index (κ2) is 7.66. The number of nitriles is 1. The largest absolute Gasteiger partial charge is 0.506 e. The fourth-order valence-corrected chi connectivity index (χ4v) is 2.59. The molecular weight excluding hydrogens is 374 g/mol. The lowest BCUT2D eigenvalue weighted by Gasteiger charge is -2.13. The fraction of sp³-hybridized carbons (Fsp3) is 0.111. The minimum absolute atomic E-state index is 0.0258. The van der Waals surface area contributed by atoms with Gasteiger partial charge in [0.15, 0.2) is 5.78 Å². The molecule has 0 amide bonds. The maximum absolute atomic E-state index is 12.5. The Balaban J connectivity index is 2.41. The highest BCUT2D eigenvalue weighted by Gasteiger charge is 2.21. The van der Waals surface area contributed by atoms with Gasteiger partial charge in [0, 0.05) is 6.07 Å². The third-order valence-electron chi connectivity index (χ3n) is 3.30. The van der Waals surface area contributed by atoms with Crippen molar-refractivity contribution in [3.8, 4) is 23.3 Å². The number of phenolic OH excluding ortho intramolecular Hbond substituents is 1. The van der Waals surface area contributed by atoms with Gasteiger partial charge in [-0.05, 0) is 39.7 Å². The SMILES string of the molecule is COc1cc(OC)c(C(=O)/C=C/c2cccc(C#N)c2)c(O)c1Br. The molecule has 24 heavy (non-hydrogen) atoms. The van der Waals surface area contributed by atoms with Gasteiger partial charge in [0.05, 0.1) is 25.9 Å². The van der Waals surface area contributed by atoms with Crippen LogP contribution in [0.25, 0.3) is 6.08 Å². The first kappa shape index (κ1) is 17.6. The van der Waals surface area contributed by atoms with Crippen molar-refractivity contribution < 1.29 is 19.4 Å². The van der Waals surface area contributed by atoms with Crippen molar-refractivity contribution >= 4 is 27.8 Å². The molecule has 0 spiro atoms. The highest BCUT2D eigenvalue weighted by molar-refractivity contribution is 9.10. The number of nitrogens with zero attached hydrogens (tertiary/aromatic N) is 1. The van der Waals surface area contributed by atoms with Crippen LogP contribution >= 0.6 is 15.9 Å². The predicted molar refractivity (Wildman–Crippen MR) is 93.4 cm³/mol. The van der Waals surface area contributed by atoms with E-state index in [4.69, 9.17) is 14.7 Å². The van der Waals surface area contributed by atoms with Crippen molar-refractivity contribution in [3.05, 3.63) is 57.6 Å². The molecule has 0 aliphatic heterocycles. The van der Waals surface area contributed by atoms with Crippen LogP contribution in [0, 0.1) is 11.3 Å². The third-order valence-corrected chi connectivity index (χ3v) is 4.07. The molecule has 2 rings (SSSR count). The van der Waals surface area contributed by atoms with Gasteiger partial charge in [-0.25, -0.2) is 0 Å². The molecule has 0 atom stereocenters. The summed E-state index contributed by atoms with van der Waals surface area (Å²) in [5.41, 5.74) is 1.23. The van der Waals surface area contributed by atoms with Crippen LogP contribution in [0.1, 0.15) is 21.5 Å². The molecule has 0 radical (unpaired) electrons. The Hall–Kier alpha value is -2.78. The summed E-state index contributed by atoms with van der Waals surface area (Å²) in [6.07, 6.45) is 2.88. The van der Waals surface area contributed by atoms with Crippen LogP contribution in [-0.2, 0) is 0 Å². The average Bonchev–Trinajstić information content (AvgIpc) is 2.61. The van der Waals surface area contributed by atoms with Crippen LogP contribution in [0.5, 0.6) is 17.2 Å². The number of hydrogen-bond acceptors (Lipinski definition) is 5. The number of benzene rings is 2. The van der Waals surface area contributed by atoms with Gasteiger partial charge in [0.2, 0.25) is 0 Å². The molecule has 0 fully saturated rings. The second-order valence-corrected chi connectivity index (χ2v) is 5.55. The van der Waals surface area contributed by atoms with E-state index in [9.17, 15) is 9.90 Å². The van der Waals surface area contributed by atoms with Crippen LogP contribution in [0.4, 0.5) is 0 Å². The molecule has 0 bridgehead atoms. The topological polar surface area (TPSA) is 79.5 Å². The average molecular weight is 388 g/mol. The van der Waals surface area contributed by atoms with E-state index in [0.29, 0.717) is 16.9 Å². The van der Waals surface area contributed by atoms with Gasteiger partial charge in [0.1, 0.15) is 27.3 Å². The molecular formula is C18H14BrNO4. The number of methoxy groups -OCH3 is 2. The molecule has 1 N–H and O–H groups in total. The van der Waals surface area contributed by atoms with Gasteiger partial charge in [-0.2, -0.15) is 5.26 Å². The van der Waals surface area contributed by atoms with Crippen molar-refractivity contribution in [1.29, 1.82) is 5.26 Å². The van der Waals surface area contributed by atoms with Gasteiger partial charge in [-0.1, -0.05) is 18.2 Å². The third kappa shape index (κ3) is 3.58. The van der Waals surface area contributed by atoms with E-state index in [1.165, 1.54) is 26.4 Å². The second-order valence-electron chi connectivity index (χ2n) is 4.75. The Kier molecular flexibility index (Phi) is 5.61. The zero-order valence-corrected chi connectivity index (χ0v) is 14.6. The quantitative estimate of drug-likeness (QED) is 0.620. The van der Waals surface area contributed by atoms with E-state index in [1.54, 1.807) is 30.3 Å². The lowest BCUT2D eigenvalue weighted by atomic mass is 10.1. The molecule has 0 saturated heterocycles. The van der Waals surface area contributed by atoms with Crippen molar-refractivity contribution in [3.63, 3.8) is 0 Å². The number of phenols is 1. The molecule has 0 aliphatic carbocycles. The van der Waals surface area contributed by atoms with Gasteiger partial charge < -0.3 is 14.6 Å². The summed E-state index contributed by atoms with van der Waals surface area (Å²) in [7, 11) is 2.85. The van der Waals surface area contributed by atoms with Crippen molar-refractivity contribution in [2.75, 3.05) is 14.2 Å². The van der Waals surface area contributed by atoms with Crippen LogP contribution < -0.4 is 9.47 Å². The van der Waals surface area contributed by atoms with Gasteiger partial charge in [0.25, 0.3) is 0 Å². The van der Waals surface area contributed by atoms with Crippen LogP contribution in [0.15, 0.2) is 40.9 Å². The van der Waals surface area contributed by atoms with E-state index in [0.717, 1.165) is 0 Å². The molecule has 0 heterocycles. The summed E-state index contributed by atoms with van der Waals surface area (Å²) in [5.74, 6) is -0.138. The molecule has 122 valence electrons. The van der Waals surface area contributed by atoms with E-state index in [1.807, 2.05) is 6.07 Å². The normalized spacial score (nSPS) is 10.4. The van der Waals surface area contributed by atoms with E-state index >= 15 is 0 Å². The van der Waals surface area contributed by atoms with Crippen LogP contribution in [0.2, 0.25) is 0 Å². The molecule has 0 unspecified atom stereocenters. The van der Waals surface area contributed by atoms with Gasteiger partial charge in [-0.3, -0.25) is 4.79 Å². The Morgan fingerprint density at radius 1 is 1.25 bits per heavy atom. The summed E-state index contributed by atoms with van der Waals surface area (Å²) in [6.45, 7) is 0. The first-order valence-electron chi connectivity index (χ1n) is 6.87. The first-order chi connectivity index (χ1) is 11.5. The number of carbonyl (C=O) groups excluding carboxylic acids is 1. The fourth-order valence-electron chi connectivity index (χ4n) is 2.11. The van der Waals surface area contributed by atoms with Crippen LogP contribution in [0.3, 0.4) is 0 Å². The Morgan fingerprint density at radius 2 is 1.96 bits per heavy atom. The standard InChI is InChI=1S/C18H14BrNO4/c1-23-14-9-15(24-2)17(19)18(22)16(14)13(21)7-6-11-4-3-5-12(8-11)10-20/h3-9,22H,1-2H3/b7-6+. The number of ether oxygens (including phenoxy) is 2. The summed E-state index contributed by atoms with van der Waals surface area (Å²) in [6, 6.07) is 10.4.